The molecule has 1 aromatic heterocycles. The number of carbonyl (C=O) groups is 2. The number of fused-ring (bicyclic) bond motifs is 1. The molecule has 7 heteroatoms. The van der Waals surface area contributed by atoms with Gasteiger partial charge < -0.3 is 10.1 Å². The quantitative estimate of drug-likeness (QED) is 0.421. The summed E-state index contributed by atoms with van der Waals surface area (Å²) in [6.45, 7) is 3.76. The average Bonchev–Trinajstić information content (AvgIpc) is 3.19. The van der Waals surface area contributed by atoms with E-state index in [-0.39, 0.29) is 17.8 Å². The van der Waals surface area contributed by atoms with Gasteiger partial charge in [-0.05, 0) is 61.4 Å². The highest BCUT2D eigenvalue weighted by molar-refractivity contribution is 8.00. The fourth-order valence-electron chi connectivity index (χ4n) is 3.72. The van der Waals surface area contributed by atoms with E-state index in [1.54, 1.807) is 18.5 Å². The lowest BCUT2D eigenvalue weighted by atomic mass is 9.95. The Labute approximate surface area is 190 Å². The van der Waals surface area contributed by atoms with Crippen LogP contribution in [0.5, 0.6) is 5.75 Å². The number of benzene rings is 2. The minimum absolute atomic E-state index is 0.0806. The number of ether oxygens (including phenoxy) is 1. The van der Waals surface area contributed by atoms with E-state index in [1.807, 2.05) is 31.2 Å². The largest absolute Gasteiger partial charge is 0.487 e. The summed E-state index contributed by atoms with van der Waals surface area (Å²) in [5.41, 5.74) is 3.37. The Morgan fingerprint density at radius 1 is 1.16 bits per heavy atom. The summed E-state index contributed by atoms with van der Waals surface area (Å²) in [7, 11) is 0. The van der Waals surface area contributed by atoms with Gasteiger partial charge in [0.05, 0.1) is 12.3 Å². The molecule has 1 unspecified atom stereocenters. The number of nitrogens with one attached hydrogen (secondary N) is 1. The number of hydrogen-bond acceptors (Lipinski definition) is 5. The van der Waals surface area contributed by atoms with Crippen LogP contribution in [-0.4, -0.2) is 35.1 Å². The summed E-state index contributed by atoms with van der Waals surface area (Å²) in [6.07, 6.45) is 3.77. The number of halogens is 1. The van der Waals surface area contributed by atoms with Crippen LogP contribution >= 0.6 is 11.8 Å². The van der Waals surface area contributed by atoms with Gasteiger partial charge in [-0.15, -0.1) is 11.8 Å². The van der Waals surface area contributed by atoms with Gasteiger partial charge in [0.25, 0.3) is 0 Å². The Balaban J connectivity index is 1.45. The predicted octanol–water partition coefficient (Wildman–Crippen LogP) is 4.61. The number of ketones is 1. The number of carbonyl (C=O) groups excluding carboxylic acids is 2. The molecule has 2 heterocycles. The molecule has 0 saturated carbocycles. The van der Waals surface area contributed by atoms with Crippen molar-refractivity contribution in [3.63, 3.8) is 0 Å². The molecular formula is C25H23FN2O3S. The van der Waals surface area contributed by atoms with Crippen LogP contribution in [0.1, 0.15) is 28.4 Å². The summed E-state index contributed by atoms with van der Waals surface area (Å²) in [5.74, 6) is 0.304. The van der Waals surface area contributed by atoms with E-state index in [2.05, 4.69) is 10.3 Å². The molecule has 164 valence electrons. The van der Waals surface area contributed by atoms with Crippen molar-refractivity contribution < 1.29 is 18.7 Å². The lowest BCUT2D eigenvalue weighted by molar-refractivity contribution is -0.118. The van der Waals surface area contributed by atoms with E-state index in [4.69, 9.17) is 4.74 Å². The van der Waals surface area contributed by atoms with E-state index >= 15 is 0 Å². The van der Waals surface area contributed by atoms with Gasteiger partial charge in [0.2, 0.25) is 5.91 Å². The molecule has 2 aromatic carbocycles. The first kappa shape index (κ1) is 22.0. The van der Waals surface area contributed by atoms with Crippen LogP contribution in [0.25, 0.3) is 11.1 Å². The number of amides is 1. The SMILES string of the molecule is CC(=O)c1ccc(F)c(-c2cc(C)cc3c2OC(CNC(=O)CSc2ccncc2)C3)c1. The maximum Gasteiger partial charge on any atom is 0.230 e. The molecule has 32 heavy (non-hydrogen) atoms. The summed E-state index contributed by atoms with van der Waals surface area (Å²) in [5, 5.41) is 2.92. The van der Waals surface area contributed by atoms with Crippen molar-refractivity contribution >= 4 is 23.5 Å². The van der Waals surface area contributed by atoms with Crippen LogP contribution in [0, 0.1) is 12.7 Å². The van der Waals surface area contributed by atoms with Crippen LogP contribution in [-0.2, 0) is 11.2 Å². The number of aryl methyl sites for hydroxylation is 1. The second-order valence-corrected chi connectivity index (χ2v) is 8.82. The van der Waals surface area contributed by atoms with Crippen LogP contribution < -0.4 is 10.1 Å². The first-order valence-electron chi connectivity index (χ1n) is 10.3. The van der Waals surface area contributed by atoms with E-state index in [1.165, 1.54) is 30.8 Å². The van der Waals surface area contributed by atoms with Crippen LogP contribution in [0.2, 0.25) is 0 Å². The molecule has 0 saturated heterocycles. The van der Waals surface area contributed by atoms with Gasteiger partial charge in [0, 0.05) is 40.4 Å². The fourth-order valence-corrected chi connectivity index (χ4v) is 4.43. The maximum atomic E-state index is 14.7. The first-order chi connectivity index (χ1) is 15.4. The van der Waals surface area contributed by atoms with Crippen LogP contribution in [0.15, 0.2) is 59.8 Å². The zero-order valence-corrected chi connectivity index (χ0v) is 18.7. The monoisotopic (exact) mass is 450 g/mol. The summed E-state index contributed by atoms with van der Waals surface area (Å²) in [6, 6.07) is 12.0. The molecule has 0 radical (unpaired) electrons. The van der Waals surface area contributed by atoms with Crippen molar-refractivity contribution in [2.75, 3.05) is 12.3 Å². The standard InChI is InChI=1S/C25H23FN2O3S/c1-15-9-18-11-19(13-28-24(30)14-32-20-5-7-27-8-6-20)31-25(18)22(10-15)21-12-17(16(2)29)3-4-23(21)26/h3-10,12,19H,11,13-14H2,1-2H3,(H,28,30). The third-order valence-corrected chi connectivity index (χ3v) is 6.26. The highest BCUT2D eigenvalue weighted by Gasteiger charge is 2.28. The number of hydrogen-bond donors (Lipinski definition) is 1. The van der Waals surface area contributed by atoms with Crippen LogP contribution in [0.3, 0.4) is 0 Å². The molecule has 1 amide bonds. The van der Waals surface area contributed by atoms with E-state index < -0.39 is 5.82 Å². The van der Waals surface area contributed by atoms with Gasteiger partial charge in [-0.3, -0.25) is 14.6 Å². The van der Waals surface area contributed by atoms with Crippen molar-refractivity contribution in [1.82, 2.24) is 10.3 Å². The average molecular weight is 451 g/mol. The third-order valence-electron chi connectivity index (χ3n) is 5.25. The van der Waals surface area contributed by atoms with Crippen molar-refractivity contribution in [1.29, 1.82) is 0 Å². The first-order valence-corrected chi connectivity index (χ1v) is 11.3. The topological polar surface area (TPSA) is 68.3 Å². The number of pyridine rings is 1. The molecule has 0 spiro atoms. The van der Waals surface area contributed by atoms with Gasteiger partial charge in [0.1, 0.15) is 17.7 Å². The number of Topliss-reactive ketones (excluding diaryl/α,β-unsaturated/α-hetero) is 1. The molecule has 0 fully saturated rings. The Bertz CT molecular complexity index is 1170. The van der Waals surface area contributed by atoms with Gasteiger partial charge in [0.15, 0.2) is 5.78 Å². The molecule has 1 atom stereocenters. The Morgan fingerprint density at radius 3 is 2.69 bits per heavy atom. The Kier molecular flexibility index (Phi) is 6.55. The zero-order chi connectivity index (χ0) is 22.7. The normalized spacial score (nSPS) is 14.5. The maximum absolute atomic E-state index is 14.7. The van der Waals surface area contributed by atoms with Crippen molar-refractivity contribution in [2.24, 2.45) is 0 Å². The minimum Gasteiger partial charge on any atom is -0.487 e. The minimum atomic E-state index is -0.406. The Hall–Kier alpha value is -3.19. The lowest BCUT2D eigenvalue weighted by Crippen LogP contribution is -2.35. The Morgan fingerprint density at radius 2 is 1.94 bits per heavy atom. The molecule has 0 aliphatic carbocycles. The second kappa shape index (κ2) is 9.53. The highest BCUT2D eigenvalue weighted by atomic mass is 32.2. The molecule has 1 N–H and O–H groups in total. The van der Waals surface area contributed by atoms with E-state index in [9.17, 15) is 14.0 Å². The summed E-state index contributed by atoms with van der Waals surface area (Å²) in [4.78, 5) is 29.0. The van der Waals surface area contributed by atoms with E-state index in [0.717, 1.165) is 16.0 Å². The number of aromatic nitrogens is 1. The molecule has 0 bridgehead atoms. The van der Waals surface area contributed by atoms with Crippen molar-refractivity contribution in [2.45, 2.75) is 31.3 Å². The molecule has 1 aliphatic heterocycles. The number of thioether (sulfide) groups is 1. The number of rotatable bonds is 7. The second-order valence-electron chi connectivity index (χ2n) is 7.77. The molecule has 5 nitrogen and oxygen atoms in total. The molecule has 4 rings (SSSR count). The van der Waals surface area contributed by atoms with Crippen molar-refractivity contribution in [3.05, 3.63) is 77.4 Å². The third kappa shape index (κ3) is 4.99. The van der Waals surface area contributed by atoms with Crippen LogP contribution in [0.4, 0.5) is 4.39 Å². The fraction of sp³-hybridized carbons (Fsp3) is 0.240. The molecule has 1 aliphatic rings. The molecular weight excluding hydrogens is 427 g/mol. The predicted molar refractivity (Wildman–Crippen MR) is 123 cm³/mol. The lowest BCUT2D eigenvalue weighted by Gasteiger charge is -2.15. The highest BCUT2D eigenvalue weighted by Crippen LogP contribution is 2.41. The van der Waals surface area contributed by atoms with Gasteiger partial charge in [-0.1, -0.05) is 6.07 Å². The number of nitrogens with zero attached hydrogens (tertiary/aromatic N) is 1. The zero-order valence-electron chi connectivity index (χ0n) is 17.9. The smallest absolute Gasteiger partial charge is 0.230 e. The van der Waals surface area contributed by atoms with Gasteiger partial charge >= 0.3 is 0 Å². The van der Waals surface area contributed by atoms with E-state index in [0.29, 0.717) is 41.2 Å². The van der Waals surface area contributed by atoms with Gasteiger partial charge in [-0.2, -0.15) is 0 Å². The van der Waals surface area contributed by atoms with Gasteiger partial charge in [-0.25, -0.2) is 4.39 Å². The molecule has 3 aromatic rings. The van der Waals surface area contributed by atoms with Crippen molar-refractivity contribution in [3.8, 4) is 16.9 Å². The summed E-state index contributed by atoms with van der Waals surface area (Å²) < 4.78 is 20.8. The summed E-state index contributed by atoms with van der Waals surface area (Å²) >= 11 is 1.44.